The highest BCUT2D eigenvalue weighted by atomic mass is 16.2. The standard InChI is InChI=1S/C15H26N2O2/c1-10(2)15(19)17-13(6)8-7-12(5)9-14(18)16-11(3)4/h9,11,13H,1,7-8H2,2-6H3,(H,16,18)(H,17,19)/b12-9+. The van der Waals surface area contributed by atoms with Crippen LogP contribution in [0.15, 0.2) is 23.8 Å². The number of hydrogen-bond acceptors (Lipinski definition) is 2. The van der Waals surface area contributed by atoms with Crippen LogP contribution in [0, 0.1) is 0 Å². The summed E-state index contributed by atoms with van der Waals surface area (Å²) < 4.78 is 0. The largest absolute Gasteiger partial charge is 0.350 e. The highest BCUT2D eigenvalue weighted by molar-refractivity contribution is 5.92. The van der Waals surface area contributed by atoms with Crippen molar-refractivity contribution in [3.63, 3.8) is 0 Å². The first kappa shape index (κ1) is 17.4. The molecule has 2 N–H and O–H groups in total. The molecule has 0 fully saturated rings. The summed E-state index contributed by atoms with van der Waals surface area (Å²) in [5, 5.41) is 5.67. The van der Waals surface area contributed by atoms with E-state index < -0.39 is 0 Å². The second kappa shape index (κ2) is 8.51. The van der Waals surface area contributed by atoms with Crippen molar-refractivity contribution in [2.75, 3.05) is 0 Å². The van der Waals surface area contributed by atoms with Crippen LogP contribution in [0.1, 0.15) is 47.5 Å². The molecule has 0 aromatic rings. The molecule has 4 nitrogen and oxygen atoms in total. The maximum Gasteiger partial charge on any atom is 0.246 e. The molecule has 0 rings (SSSR count). The molecule has 1 unspecified atom stereocenters. The molecule has 0 aliphatic rings. The minimum absolute atomic E-state index is 0.0638. The van der Waals surface area contributed by atoms with Gasteiger partial charge in [0.15, 0.2) is 0 Å². The van der Waals surface area contributed by atoms with E-state index in [4.69, 9.17) is 0 Å². The summed E-state index contributed by atoms with van der Waals surface area (Å²) in [4.78, 5) is 22.9. The summed E-state index contributed by atoms with van der Waals surface area (Å²) in [5.74, 6) is -0.183. The van der Waals surface area contributed by atoms with Crippen molar-refractivity contribution in [2.24, 2.45) is 0 Å². The van der Waals surface area contributed by atoms with Gasteiger partial charge >= 0.3 is 0 Å². The van der Waals surface area contributed by atoms with Crippen molar-refractivity contribution < 1.29 is 9.59 Å². The minimum atomic E-state index is -0.119. The maximum absolute atomic E-state index is 11.5. The summed E-state index contributed by atoms with van der Waals surface area (Å²) in [5.41, 5.74) is 1.52. The molecule has 0 bridgehead atoms. The summed E-state index contributed by atoms with van der Waals surface area (Å²) in [6, 6.07) is 0.214. The molecular formula is C15H26N2O2. The fourth-order valence-corrected chi connectivity index (χ4v) is 1.49. The van der Waals surface area contributed by atoms with Crippen LogP contribution < -0.4 is 10.6 Å². The Labute approximate surface area is 116 Å². The zero-order valence-corrected chi connectivity index (χ0v) is 12.7. The van der Waals surface area contributed by atoms with Crippen molar-refractivity contribution >= 4 is 11.8 Å². The van der Waals surface area contributed by atoms with Gasteiger partial charge in [0.1, 0.15) is 0 Å². The molecule has 0 heterocycles. The molecule has 1 atom stereocenters. The van der Waals surface area contributed by atoms with Crippen LogP contribution in [-0.2, 0) is 9.59 Å². The van der Waals surface area contributed by atoms with Gasteiger partial charge in [-0.15, -0.1) is 0 Å². The Bertz CT molecular complexity index is 370. The van der Waals surface area contributed by atoms with Gasteiger partial charge in [-0.2, -0.15) is 0 Å². The average Bonchev–Trinajstić information content (AvgIpc) is 2.24. The van der Waals surface area contributed by atoms with E-state index in [2.05, 4.69) is 17.2 Å². The third kappa shape index (κ3) is 9.05. The number of hydrogen-bond donors (Lipinski definition) is 2. The molecule has 0 spiro atoms. The van der Waals surface area contributed by atoms with Crippen LogP contribution in [-0.4, -0.2) is 23.9 Å². The van der Waals surface area contributed by atoms with Crippen LogP contribution in [0.5, 0.6) is 0 Å². The predicted molar refractivity (Wildman–Crippen MR) is 78.7 cm³/mol. The Morgan fingerprint density at radius 3 is 2.21 bits per heavy atom. The summed E-state index contributed by atoms with van der Waals surface area (Å²) >= 11 is 0. The Morgan fingerprint density at radius 1 is 1.16 bits per heavy atom. The second-order valence-corrected chi connectivity index (χ2v) is 5.35. The third-order valence-corrected chi connectivity index (χ3v) is 2.55. The molecular weight excluding hydrogens is 240 g/mol. The van der Waals surface area contributed by atoms with Crippen LogP contribution in [0.3, 0.4) is 0 Å². The first-order valence-electron chi connectivity index (χ1n) is 6.66. The normalized spacial score (nSPS) is 13.1. The van der Waals surface area contributed by atoms with E-state index >= 15 is 0 Å². The first-order valence-corrected chi connectivity index (χ1v) is 6.66. The van der Waals surface area contributed by atoms with Gasteiger partial charge in [0, 0.05) is 23.7 Å². The molecule has 0 saturated carbocycles. The Balaban J connectivity index is 4.11. The van der Waals surface area contributed by atoms with Crippen molar-refractivity contribution in [3.8, 4) is 0 Å². The molecule has 0 aliphatic heterocycles. The number of allylic oxidation sites excluding steroid dienone is 1. The quantitative estimate of drug-likeness (QED) is 0.695. The molecule has 0 saturated heterocycles. The van der Waals surface area contributed by atoms with Crippen LogP contribution >= 0.6 is 0 Å². The number of nitrogens with one attached hydrogen (secondary N) is 2. The van der Waals surface area contributed by atoms with Crippen LogP contribution in [0.4, 0.5) is 0 Å². The Hall–Kier alpha value is -1.58. The number of amides is 2. The van der Waals surface area contributed by atoms with Gasteiger partial charge < -0.3 is 10.6 Å². The number of carbonyl (C=O) groups is 2. The molecule has 19 heavy (non-hydrogen) atoms. The average molecular weight is 266 g/mol. The SMILES string of the molecule is C=C(C)C(=O)NC(C)CC/C(C)=C/C(=O)NC(C)C. The first-order chi connectivity index (χ1) is 8.72. The lowest BCUT2D eigenvalue weighted by Crippen LogP contribution is -2.32. The van der Waals surface area contributed by atoms with Crippen LogP contribution in [0.2, 0.25) is 0 Å². The zero-order chi connectivity index (χ0) is 15.0. The highest BCUT2D eigenvalue weighted by Crippen LogP contribution is 2.07. The zero-order valence-electron chi connectivity index (χ0n) is 12.7. The fourth-order valence-electron chi connectivity index (χ4n) is 1.49. The van der Waals surface area contributed by atoms with Gasteiger partial charge in [0.2, 0.25) is 11.8 Å². The van der Waals surface area contributed by atoms with E-state index in [1.165, 1.54) is 0 Å². The van der Waals surface area contributed by atoms with E-state index in [0.29, 0.717) is 5.57 Å². The predicted octanol–water partition coefficient (Wildman–Crippen LogP) is 2.32. The fraction of sp³-hybridized carbons (Fsp3) is 0.600. The lowest BCUT2D eigenvalue weighted by atomic mass is 10.1. The van der Waals surface area contributed by atoms with Gasteiger partial charge in [-0.05, 0) is 47.5 Å². The van der Waals surface area contributed by atoms with Crippen molar-refractivity contribution in [3.05, 3.63) is 23.8 Å². The highest BCUT2D eigenvalue weighted by Gasteiger charge is 2.08. The topological polar surface area (TPSA) is 58.2 Å². The Kier molecular flexibility index (Phi) is 7.80. The molecule has 0 aliphatic carbocycles. The van der Waals surface area contributed by atoms with E-state index in [1.807, 2.05) is 27.7 Å². The molecule has 108 valence electrons. The van der Waals surface area contributed by atoms with Gasteiger partial charge in [0.25, 0.3) is 0 Å². The maximum atomic E-state index is 11.5. The monoisotopic (exact) mass is 266 g/mol. The second-order valence-electron chi connectivity index (χ2n) is 5.35. The summed E-state index contributed by atoms with van der Waals surface area (Å²) in [7, 11) is 0. The van der Waals surface area contributed by atoms with Crippen molar-refractivity contribution in [1.29, 1.82) is 0 Å². The van der Waals surface area contributed by atoms with E-state index in [9.17, 15) is 9.59 Å². The number of rotatable bonds is 7. The summed E-state index contributed by atoms with van der Waals surface area (Å²) in [6.07, 6.45) is 3.20. The van der Waals surface area contributed by atoms with E-state index in [0.717, 1.165) is 18.4 Å². The third-order valence-electron chi connectivity index (χ3n) is 2.55. The van der Waals surface area contributed by atoms with Gasteiger partial charge in [-0.1, -0.05) is 12.2 Å². The van der Waals surface area contributed by atoms with Gasteiger partial charge in [-0.25, -0.2) is 0 Å². The lowest BCUT2D eigenvalue weighted by molar-refractivity contribution is -0.118. The van der Waals surface area contributed by atoms with E-state index in [-0.39, 0.29) is 23.9 Å². The smallest absolute Gasteiger partial charge is 0.246 e. The van der Waals surface area contributed by atoms with E-state index in [1.54, 1.807) is 13.0 Å². The summed E-state index contributed by atoms with van der Waals surface area (Å²) in [6.45, 7) is 13.0. The molecule has 0 aromatic carbocycles. The number of carbonyl (C=O) groups excluding carboxylic acids is 2. The van der Waals surface area contributed by atoms with Crippen LogP contribution in [0.25, 0.3) is 0 Å². The lowest BCUT2D eigenvalue weighted by Gasteiger charge is -2.14. The molecule has 4 heteroatoms. The minimum Gasteiger partial charge on any atom is -0.350 e. The molecule has 0 radical (unpaired) electrons. The van der Waals surface area contributed by atoms with Gasteiger partial charge in [-0.3, -0.25) is 9.59 Å². The molecule has 0 aromatic heterocycles. The molecule has 2 amide bonds. The van der Waals surface area contributed by atoms with Gasteiger partial charge in [0.05, 0.1) is 0 Å². The Morgan fingerprint density at radius 2 is 1.74 bits per heavy atom. The van der Waals surface area contributed by atoms with Crippen molar-refractivity contribution in [2.45, 2.75) is 59.5 Å². The van der Waals surface area contributed by atoms with Crippen molar-refractivity contribution in [1.82, 2.24) is 10.6 Å².